The molecule has 0 radical (unpaired) electrons. The van der Waals surface area contributed by atoms with Crippen LogP contribution >= 0.6 is 0 Å². The molecule has 1 aromatic heterocycles. The Balaban J connectivity index is 2.30. The van der Waals surface area contributed by atoms with E-state index in [0.717, 1.165) is 22.8 Å². The number of aromatic nitrogens is 1. The number of methoxy groups -OCH3 is 1. The number of nitrogens with zero attached hydrogens (tertiary/aromatic N) is 2. The van der Waals surface area contributed by atoms with Gasteiger partial charge in [-0.1, -0.05) is 18.2 Å². The number of hydrogen-bond acceptors (Lipinski definition) is 4. The normalized spacial score (nSPS) is 12.0. The Morgan fingerprint density at radius 2 is 1.95 bits per heavy atom. The molecule has 1 unspecified atom stereocenters. The van der Waals surface area contributed by atoms with Crippen molar-refractivity contribution < 1.29 is 4.74 Å². The van der Waals surface area contributed by atoms with Gasteiger partial charge in [0.05, 0.1) is 12.8 Å². The molecule has 19 heavy (non-hydrogen) atoms. The third-order valence-electron chi connectivity index (χ3n) is 3.09. The Morgan fingerprint density at radius 1 is 1.21 bits per heavy atom. The molecule has 1 atom stereocenters. The molecule has 1 heterocycles. The highest BCUT2D eigenvalue weighted by molar-refractivity contribution is 5.66. The van der Waals surface area contributed by atoms with Crippen molar-refractivity contribution in [3.63, 3.8) is 0 Å². The predicted octanol–water partition coefficient (Wildman–Crippen LogP) is 2.88. The van der Waals surface area contributed by atoms with E-state index < -0.39 is 0 Å². The van der Waals surface area contributed by atoms with Crippen molar-refractivity contribution in [2.75, 3.05) is 19.1 Å². The molecule has 4 heteroatoms. The van der Waals surface area contributed by atoms with Crippen molar-refractivity contribution in [1.29, 1.82) is 0 Å². The minimum Gasteiger partial charge on any atom is -0.495 e. The molecule has 0 fully saturated rings. The Morgan fingerprint density at radius 3 is 2.53 bits per heavy atom. The first-order chi connectivity index (χ1) is 9.13. The topological polar surface area (TPSA) is 51.4 Å². The maximum atomic E-state index is 5.82. The number of benzene rings is 1. The van der Waals surface area contributed by atoms with Gasteiger partial charge in [-0.3, -0.25) is 0 Å². The Bertz CT molecular complexity index is 537. The number of pyridine rings is 1. The lowest BCUT2D eigenvalue weighted by Crippen LogP contribution is -2.13. The van der Waals surface area contributed by atoms with Gasteiger partial charge in [0, 0.05) is 19.3 Å². The molecule has 2 aromatic rings. The van der Waals surface area contributed by atoms with Gasteiger partial charge in [-0.25, -0.2) is 4.98 Å². The maximum Gasteiger partial charge on any atom is 0.142 e. The maximum absolute atomic E-state index is 5.82. The van der Waals surface area contributed by atoms with Crippen molar-refractivity contribution in [1.82, 2.24) is 4.98 Å². The second kappa shape index (κ2) is 5.71. The van der Waals surface area contributed by atoms with E-state index in [-0.39, 0.29) is 6.04 Å². The number of nitrogens with two attached hydrogens (primary N) is 1. The van der Waals surface area contributed by atoms with Crippen LogP contribution in [0.5, 0.6) is 5.75 Å². The molecule has 0 aliphatic heterocycles. The fraction of sp³-hybridized carbons (Fsp3) is 0.267. The van der Waals surface area contributed by atoms with Crippen LogP contribution in [0.2, 0.25) is 0 Å². The summed E-state index contributed by atoms with van der Waals surface area (Å²) in [6.07, 6.45) is 1.81. The third-order valence-corrected chi connectivity index (χ3v) is 3.09. The van der Waals surface area contributed by atoms with Crippen LogP contribution in [0.15, 0.2) is 42.6 Å². The molecule has 1 aromatic carbocycles. The van der Waals surface area contributed by atoms with Gasteiger partial charge in [-0.15, -0.1) is 0 Å². The van der Waals surface area contributed by atoms with E-state index in [4.69, 9.17) is 10.5 Å². The van der Waals surface area contributed by atoms with Crippen molar-refractivity contribution in [2.24, 2.45) is 5.73 Å². The first-order valence-corrected chi connectivity index (χ1v) is 6.21. The largest absolute Gasteiger partial charge is 0.495 e. The molecule has 0 saturated carbocycles. The van der Waals surface area contributed by atoms with Gasteiger partial charge in [0.1, 0.15) is 11.6 Å². The summed E-state index contributed by atoms with van der Waals surface area (Å²) < 4.78 is 5.36. The van der Waals surface area contributed by atoms with Gasteiger partial charge in [-0.05, 0) is 30.7 Å². The summed E-state index contributed by atoms with van der Waals surface area (Å²) in [4.78, 5) is 6.43. The van der Waals surface area contributed by atoms with Gasteiger partial charge in [0.15, 0.2) is 0 Å². The van der Waals surface area contributed by atoms with E-state index in [2.05, 4.69) is 4.98 Å². The minimum absolute atomic E-state index is 0.00174. The molecular formula is C15H19N3O. The van der Waals surface area contributed by atoms with Crippen molar-refractivity contribution >= 4 is 11.5 Å². The molecule has 0 bridgehead atoms. The van der Waals surface area contributed by atoms with Crippen molar-refractivity contribution in [3.8, 4) is 5.75 Å². The van der Waals surface area contributed by atoms with Gasteiger partial charge in [-0.2, -0.15) is 0 Å². The summed E-state index contributed by atoms with van der Waals surface area (Å²) in [6.45, 7) is 1.95. The van der Waals surface area contributed by atoms with Gasteiger partial charge >= 0.3 is 0 Å². The lowest BCUT2D eigenvalue weighted by Gasteiger charge is -2.21. The Labute approximate surface area is 113 Å². The van der Waals surface area contributed by atoms with E-state index in [0.29, 0.717) is 0 Å². The molecule has 0 amide bonds. The summed E-state index contributed by atoms with van der Waals surface area (Å²) in [6, 6.07) is 11.8. The summed E-state index contributed by atoms with van der Waals surface area (Å²) in [7, 11) is 3.63. The van der Waals surface area contributed by atoms with Crippen LogP contribution in [-0.4, -0.2) is 19.1 Å². The van der Waals surface area contributed by atoms with E-state index in [1.807, 2.05) is 61.5 Å². The highest BCUT2D eigenvalue weighted by Gasteiger charge is 2.10. The van der Waals surface area contributed by atoms with Crippen LogP contribution in [0, 0.1) is 0 Å². The molecule has 4 nitrogen and oxygen atoms in total. The van der Waals surface area contributed by atoms with Crippen LogP contribution < -0.4 is 15.4 Å². The monoisotopic (exact) mass is 257 g/mol. The second-order valence-electron chi connectivity index (χ2n) is 4.47. The van der Waals surface area contributed by atoms with Gasteiger partial charge < -0.3 is 15.4 Å². The van der Waals surface area contributed by atoms with Crippen LogP contribution in [0.1, 0.15) is 18.5 Å². The lowest BCUT2D eigenvalue weighted by molar-refractivity contribution is 0.415. The lowest BCUT2D eigenvalue weighted by atomic mass is 10.1. The average molecular weight is 257 g/mol. The molecule has 0 spiro atoms. The van der Waals surface area contributed by atoms with Crippen LogP contribution in [0.25, 0.3) is 0 Å². The molecule has 100 valence electrons. The second-order valence-corrected chi connectivity index (χ2v) is 4.47. The fourth-order valence-corrected chi connectivity index (χ4v) is 1.90. The van der Waals surface area contributed by atoms with E-state index >= 15 is 0 Å². The van der Waals surface area contributed by atoms with E-state index in [1.54, 1.807) is 7.11 Å². The highest BCUT2D eigenvalue weighted by Crippen LogP contribution is 2.31. The molecular weight excluding hydrogens is 238 g/mol. The number of rotatable bonds is 4. The molecule has 0 aliphatic carbocycles. The average Bonchev–Trinajstić information content (AvgIpc) is 2.46. The van der Waals surface area contributed by atoms with Crippen molar-refractivity contribution in [3.05, 3.63) is 48.2 Å². The number of anilines is 2. The summed E-state index contributed by atoms with van der Waals surface area (Å²) in [5, 5.41) is 0. The molecule has 0 aliphatic rings. The van der Waals surface area contributed by atoms with Gasteiger partial charge in [0.2, 0.25) is 0 Å². The molecule has 2 rings (SSSR count). The fourth-order valence-electron chi connectivity index (χ4n) is 1.90. The molecule has 0 saturated heterocycles. The standard InChI is InChI=1S/C15H19N3O/c1-11(16)12-8-9-15(17-10-12)18(2)13-6-4-5-7-14(13)19-3/h4-11H,16H2,1-3H3. The Hall–Kier alpha value is -2.07. The minimum atomic E-state index is -0.00174. The molecule has 2 N–H and O–H groups in total. The third kappa shape index (κ3) is 2.85. The zero-order chi connectivity index (χ0) is 13.8. The SMILES string of the molecule is COc1ccccc1N(C)c1ccc(C(C)N)cn1. The summed E-state index contributed by atoms with van der Waals surface area (Å²) >= 11 is 0. The summed E-state index contributed by atoms with van der Waals surface area (Å²) in [5.74, 6) is 1.68. The first kappa shape index (κ1) is 13.4. The highest BCUT2D eigenvalue weighted by atomic mass is 16.5. The van der Waals surface area contributed by atoms with Crippen molar-refractivity contribution in [2.45, 2.75) is 13.0 Å². The Kier molecular flexibility index (Phi) is 4.02. The first-order valence-electron chi connectivity index (χ1n) is 6.21. The number of hydrogen-bond donors (Lipinski definition) is 1. The number of ether oxygens (including phenoxy) is 1. The number of para-hydroxylation sites is 2. The van der Waals surface area contributed by atoms with Crippen LogP contribution in [-0.2, 0) is 0 Å². The van der Waals surface area contributed by atoms with Gasteiger partial charge in [0.25, 0.3) is 0 Å². The van der Waals surface area contributed by atoms with Crippen LogP contribution in [0.4, 0.5) is 11.5 Å². The quantitative estimate of drug-likeness (QED) is 0.915. The van der Waals surface area contributed by atoms with E-state index in [1.165, 1.54) is 0 Å². The smallest absolute Gasteiger partial charge is 0.142 e. The van der Waals surface area contributed by atoms with Crippen LogP contribution in [0.3, 0.4) is 0 Å². The predicted molar refractivity (Wildman–Crippen MR) is 77.9 cm³/mol. The zero-order valence-electron chi connectivity index (χ0n) is 11.5. The zero-order valence-corrected chi connectivity index (χ0v) is 11.5. The summed E-state index contributed by atoms with van der Waals surface area (Å²) in [5.41, 5.74) is 7.83. The van der Waals surface area contributed by atoms with E-state index in [9.17, 15) is 0 Å².